The summed E-state index contributed by atoms with van der Waals surface area (Å²) in [5, 5.41) is 2.87. The Kier molecular flexibility index (Phi) is 5.49. The Labute approximate surface area is 105 Å². The van der Waals surface area contributed by atoms with E-state index >= 15 is 0 Å². The third-order valence-electron chi connectivity index (χ3n) is 2.26. The molecule has 16 heavy (non-hydrogen) atoms. The molecule has 1 amide bonds. The van der Waals surface area contributed by atoms with Crippen molar-refractivity contribution in [1.82, 2.24) is 5.32 Å². The van der Waals surface area contributed by atoms with Gasteiger partial charge >= 0.3 is 0 Å². The molecule has 0 fully saturated rings. The molecule has 0 aliphatic rings. The van der Waals surface area contributed by atoms with Gasteiger partial charge in [0, 0.05) is 23.5 Å². The van der Waals surface area contributed by atoms with Gasteiger partial charge in [-0.2, -0.15) is 0 Å². The van der Waals surface area contributed by atoms with Gasteiger partial charge in [-0.25, -0.2) is 0 Å². The van der Waals surface area contributed by atoms with Gasteiger partial charge in [0.05, 0.1) is 0 Å². The summed E-state index contributed by atoms with van der Waals surface area (Å²) < 4.78 is 1.02. The van der Waals surface area contributed by atoms with Crippen molar-refractivity contribution in [1.29, 1.82) is 0 Å². The van der Waals surface area contributed by atoms with Crippen LogP contribution in [-0.2, 0) is 11.3 Å². The molecule has 0 saturated carbocycles. The van der Waals surface area contributed by atoms with Gasteiger partial charge in [0.1, 0.15) is 0 Å². The van der Waals surface area contributed by atoms with Crippen molar-refractivity contribution < 1.29 is 4.79 Å². The molecule has 1 aromatic rings. The quantitative estimate of drug-likeness (QED) is 0.871. The van der Waals surface area contributed by atoms with Crippen LogP contribution in [0.4, 0.5) is 0 Å². The second-order valence-corrected chi connectivity index (χ2v) is 4.74. The molecule has 3 nitrogen and oxygen atoms in total. The van der Waals surface area contributed by atoms with Gasteiger partial charge in [0.25, 0.3) is 0 Å². The first-order chi connectivity index (χ1) is 7.59. The molecule has 0 saturated heterocycles. The standard InChI is InChI=1S/C12H17BrN2O/c1-9(14)6-7-12(16)15-8-10-4-2-3-5-11(10)13/h2-5,9H,6-8,14H2,1H3,(H,15,16). The molecule has 0 aromatic heterocycles. The van der Waals surface area contributed by atoms with Crippen molar-refractivity contribution in [2.45, 2.75) is 32.4 Å². The number of carbonyl (C=O) groups is 1. The minimum Gasteiger partial charge on any atom is -0.352 e. The Hall–Kier alpha value is -0.870. The maximum atomic E-state index is 11.5. The number of carbonyl (C=O) groups excluding carboxylic acids is 1. The molecule has 0 aliphatic carbocycles. The van der Waals surface area contributed by atoms with Crippen molar-refractivity contribution >= 4 is 21.8 Å². The van der Waals surface area contributed by atoms with Crippen molar-refractivity contribution in [3.63, 3.8) is 0 Å². The first kappa shape index (κ1) is 13.2. The maximum absolute atomic E-state index is 11.5. The molecule has 0 bridgehead atoms. The summed E-state index contributed by atoms with van der Waals surface area (Å²) in [4.78, 5) is 11.5. The lowest BCUT2D eigenvalue weighted by molar-refractivity contribution is -0.121. The van der Waals surface area contributed by atoms with Crippen molar-refractivity contribution in [2.24, 2.45) is 5.73 Å². The molecule has 88 valence electrons. The molecule has 0 spiro atoms. The van der Waals surface area contributed by atoms with Gasteiger partial charge in [0.15, 0.2) is 0 Å². The number of halogens is 1. The molecule has 1 atom stereocenters. The van der Waals surface area contributed by atoms with Crippen LogP contribution >= 0.6 is 15.9 Å². The molecule has 0 heterocycles. The second kappa shape index (κ2) is 6.66. The van der Waals surface area contributed by atoms with E-state index in [1.54, 1.807) is 0 Å². The van der Waals surface area contributed by atoms with Crippen LogP contribution in [0.5, 0.6) is 0 Å². The van der Waals surface area contributed by atoms with E-state index < -0.39 is 0 Å². The number of nitrogens with one attached hydrogen (secondary N) is 1. The van der Waals surface area contributed by atoms with E-state index in [4.69, 9.17) is 5.73 Å². The van der Waals surface area contributed by atoms with Gasteiger partial charge in [-0.05, 0) is 25.0 Å². The maximum Gasteiger partial charge on any atom is 0.220 e. The number of hydrogen-bond donors (Lipinski definition) is 2. The van der Waals surface area contributed by atoms with E-state index in [0.717, 1.165) is 16.5 Å². The summed E-state index contributed by atoms with van der Waals surface area (Å²) >= 11 is 3.44. The third kappa shape index (κ3) is 4.77. The first-order valence-electron chi connectivity index (χ1n) is 5.35. The van der Waals surface area contributed by atoms with Gasteiger partial charge < -0.3 is 11.1 Å². The normalized spacial score (nSPS) is 12.2. The van der Waals surface area contributed by atoms with Gasteiger partial charge in [0.2, 0.25) is 5.91 Å². The Morgan fingerprint density at radius 2 is 2.19 bits per heavy atom. The Morgan fingerprint density at radius 1 is 1.50 bits per heavy atom. The van der Waals surface area contributed by atoms with Crippen LogP contribution in [0.2, 0.25) is 0 Å². The predicted octanol–water partition coefficient (Wildman–Crippen LogP) is 2.19. The molecule has 0 radical (unpaired) electrons. The fraction of sp³-hybridized carbons (Fsp3) is 0.417. The highest BCUT2D eigenvalue weighted by Gasteiger charge is 2.04. The molecule has 1 rings (SSSR count). The molecule has 4 heteroatoms. The lowest BCUT2D eigenvalue weighted by atomic mass is 10.2. The van der Waals surface area contributed by atoms with Crippen LogP contribution in [-0.4, -0.2) is 11.9 Å². The molecule has 3 N–H and O–H groups in total. The largest absolute Gasteiger partial charge is 0.352 e. The van der Waals surface area contributed by atoms with E-state index in [0.29, 0.717) is 13.0 Å². The zero-order valence-electron chi connectivity index (χ0n) is 9.37. The Morgan fingerprint density at radius 3 is 2.81 bits per heavy atom. The van der Waals surface area contributed by atoms with Crippen LogP contribution in [0, 0.1) is 0 Å². The molecular formula is C12H17BrN2O. The smallest absolute Gasteiger partial charge is 0.220 e. The number of rotatable bonds is 5. The van der Waals surface area contributed by atoms with Gasteiger partial charge in [-0.1, -0.05) is 34.1 Å². The van der Waals surface area contributed by atoms with Crippen molar-refractivity contribution in [3.05, 3.63) is 34.3 Å². The lowest BCUT2D eigenvalue weighted by Crippen LogP contribution is -2.25. The zero-order valence-corrected chi connectivity index (χ0v) is 11.0. The summed E-state index contributed by atoms with van der Waals surface area (Å²) in [6, 6.07) is 7.92. The summed E-state index contributed by atoms with van der Waals surface area (Å²) in [5.74, 6) is 0.0491. The highest BCUT2D eigenvalue weighted by molar-refractivity contribution is 9.10. The second-order valence-electron chi connectivity index (χ2n) is 3.88. The van der Waals surface area contributed by atoms with Crippen LogP contribution in [0.15, 0.2) is 28.7 Å². The zero-order chi connectivity index (χ0) is 12.0. The van der Waals surface area contributed by atoms with Crippen LogP contribution in [0.3, 0.4) is 0 Å². The number of benzene rings is 1. The van der Waals surface area contributed by atoms with E-state index in [2.05, 4.69) is 21.2 Å². The van der Waals surface area contributed by atoms with Crippen molar-refractivity contribution in [3.8, 4) is 0 Å². The van der Waals surface area contributed by atoms with E-state index in [1.807, 2.05) is 31.2 Å². The van der Waals surface area contributed by atoms with Gasteiger partial charge in [-0.3, -0.25) is 4.79 Å². The van der Waals surface area contributed by atoms with E-state index in [9.17, 15) is 4.79 Å². The molecule has 1 aromatic carbocycles. The molecular weight excluding hydrogens is 268 g/mol. The molecule has 1 unspecified atom stereocenters. The Balaban J connectivity index is 2.35. The minimum atomic E-state index is 0.0491. The first-order valence-corrected chi connectivity index (χ1v) is 6.14. The van der Waals surface area contributed by atoms with Crippen LogP contribution in [0.25, 0.3) is 0 Å². The molecule has 0 aliphatic heterocycles. The highest BCUT2D eigenvalue weighted by atomic mass is 79.9. The predicted molar refractivity (Wildman–Crippen MR) is 68.9 cm³/mol. The monoisotopic (exact) mass is 284 g/mol. The SMILES string of the molecule is CC(N)CCC(=O)NCc1ccccc1Br. The highest BCUT2D eigenvalue weighted by Crippen LogP contribution is 2.15. The van der Waals surface area contributed by atoms with Crippen LogP contribution in [0.1, 0.15) is 25.3 Å². The van der Waals surface area contributed by atoms with E-state index in [-0.39, 0.29) is 11.9 Å². The summed E-state index contributed by atoms with van der Waals surface area (Å²) in [6.45, 7) is 2.46. The fourth-order valence-electron chi connectivity index (χ4n) is 1.28. The average molecular weight is 285 g/mol. The number of hydrogen-bond acceptors (Lipinski definition) is 2. The van der Waals surface area contributed by atoms with Gasteiger partial charge in [-0.15, -0.1) is 0 Å². The lowest BCUT2D eigenvalue weighted by Gasteiger charge is -2.08. The minimum absolute atomic E-state index is 0.0491. The number of amides is 1. The average Bonchev–Trinajstić information content (AvgIpc) is 2.25. The van der Waals surface area contributed by atoms with Crippen LogP contribution < -0.4 is 11.1 Å². The van der Waals surface area contributed by atoms with Crippen molar-refractivity contribution in [2.75, 3.05) is 0 Å². The third-order valence-corrected chi connectivity index (χ3v) is 3.03. The van der Waals surface area contributed by atoms with E-state index in [1.165, 1.54) is 0 Å². The number of nitrogens with two attached hydrogens (primary N) is 1. The summed E-state index contributed by atoms with van der Waals surface area (Å²) in [6.07, 6.45) is 1.21. The Bertz CT molecular complexity index is 353. The summed E-state index contributed by atoms with van der Waals surface area (Å²) in [7, 11) is 0. The summed E-state index contributed by atoms with van der Waals surface area (Å²) in [5.41, 5.74) is 6.66. The fourth-order valence-corrected chi connectivity index (χ4v) is 1.71. The topological polar surface area (TPSA) is 55.1 Å².